The number of nitrogens with zero attached hydrogens (tertiary/aromatic N) is 3. The highest BCUT2D eigenvalue weighted by Crippen LogP contribution is 2.31. The summed E-state index contributed by atoms with van der Waals surface area (Å²) in [5, 5.41) is 17.9. The number of aromatic hydroxyl groups is 1. The van der Waals surface area contributed by atoms with Gasteiger partial charge >= 0.3 is 0 Å². The van der Waals surface area contributed by atoms with Crippen LogP contribution >= 0.6 is 0 Å². The maximum Gasteiger partial charge on any atom is 0.274 e. The average Bonchev–Trinajstić information content (AvgIpc) is 3.44. The number of aromatic amines is 1. The highest BCUT2D eigenvalue weighted by Gasteiger charge is 2.28. The van der Waals surface area contributed by atoms with Crippen molar-refractivity contribution >= 4 is 22.7 Å². The first-order valence-corrected chi connectivity index (χ1v) is 9.48. The molecule has 0 unspecified atom stereocenters. The number of carbonyl (C=O) groups excluding carboxylic acids is 2. The summed E-state index contributed by atoms with van der Waals surface area (Å²) in [7, 11) is 0. The molecule has 1 fully saturated rings. The van der Waals surface area contributed by atoms with Gasteiger partial charge in [0.05, 0.1) is 11.1 Å². The number of nitrogens with one attached hydrogen (secondary N) is 1. The van der Waals surface area contributed by atoms with Gasteiger partial charge in [-0.3, -0.25) is 14.7 Å². The monoisotopic (exact) mass is 376 g/mol. The normalized spacial score (nSPS) is 16.0. The number of hydrogen-bond donors (Lipinski definition) is 2. The number of benzene rings is 2. The van der Waals surface area contributed by atoms with Crippen molar-refractivity contribution in [2.75, 3.05) is 13.1 Å². The molecule has 3 aromatic rings. The van der Waals surface area contributed by atoms with Crippen LogP contribution in [0.2, 0.25) is 0 Å². The van der Waals surface area contributed by atoms with E-state index < -0.39 is 0 Å². The minimum Gasteiger partial charge on any atom is -0.507 e. The van der Waals surface area contributed by atoms with Gasteiger partial charge in [-0.05, 0) is 30.0 Å². The van der Waals surface area contributed by atoms with E-state index in [1.165, 1.54) is 6.07 Å². The first-order valence-electron chi connectivity index (χ1n) is 9.48. The van der Waals surface area contributed by atoms with Crippen molar-refractivity contribution < 1.29 is 14.7 Å². The molecule has 0 atom stereocenters. The summed E-state index contributed by atoms with van der Waals surface area (Å²) >= 11 is 0. The molecule has 2 aliphatic rings. The van der Waals surface area contributed by atoms with Crippen molar-refractivity contribution in [2.45, 2.75) is 25.9 Å². The van der Waals surface area contributed by atoms with E-state index in [1.54, 1.807) is 15.9 Å². The molecule has 0 radical (unpaired) electrons. The van der Waals surface area contributed by atoms with Crippen LogP contribution in [0.5, 0.6) is 5.75 Å². The summed E-state index contributed by atoms with van der Waals surface area (Å²) in [5.41, 5.74) is 3.27. The lowest BCUT2D eigenvalue weighted by molar-refractivity contribution is 0.0746. The molecular formula is C21H20N4O3. The highest BCUT2D eigenvalue weighted by molar-refractivity contribution is 6.08. The Hall–Kier alpha value is -3.35. The predicted octanol–water partition coefficient (Wildman–Crippen LogP) is 2.66. The second-order valence-corrected chi connectivity index (χ2v) is 7.42. The maximum absolute atomic E-state index is 13.1. The van der Waals surface area contributed by atoms with E-state index in [4.69, 9.17) is 0 Å². The lowest BCUT2D eigenvalue weighted by Crippen LogP contribution is -2.28. The van der Waals surface area contributed by atoms with Crippen molar-refractivity contribution in [3.8, 4) is 5.75 Å². The Bertz CT molecular complexity index is 1070. The number of phenolic OH excluding ortho intramolecular Hbond substituents is 1. The quantitative estimate of drug-likeness (QED) is 0.720. The standard InChI is InChI=1S/C21H20N4O3/c26-18-10-17-15(19(23-22-17)21(28)24-7-3-4-8-24)9-16(18)20(27)25-11-13-5-1-2-6-14(13)12-25/h1-2,5-6,9-10,26H,3-4,7-8,11-12H2,(H,22,23). The molecule has 28 heavy (non-hydrogen) atoms. The predicted molar refractivity (Wildman–Crippen MR) is 103 cm³/mol. The molecule has 2 N–H and O–H groups in total. The fourth-order valence-electron chi connectivity index (χ4n) is 4.10. The van der Waals surface area contributed by atoms with Crippen LogP contribution in [0, 0.1) is 0 Å². The van der Waals surface area contributed by atoms with E-state index >= 15 is 0 Å². The molecule has 2 amide bonds. The molecule has 1 saturated heterocycles. The first-order chi connectivity index (χ1) is 13.6. The maximum atomic E-state index is 13.1. The fraction of sp³-hybridized carbons (Fsp3) is 0.286. The van der Waals surface area contributed by atoms with Gasteiger partial charge in [-0.15, -0.1) is 0 Å². The van der Waals surface area contributed by atoms with E-state index in [2.05, 4.69) is 10.2 Å². The van der Waals surface area contributed by atoms with Crippen LogP contribution in [-0.4, -0.2) is 50.0 Å². The Kier molecular flexibility index (Phi) is 3.82. The second-order valence-electron chi connectivity index (χ2n) is 7.42. The van der Waals surface area contributed by atoms with E-state index in [9.17, 15) is 14.7 Å². The second kappa shape index (κ2) is 6.37. The van der Waals surface area contributed by atoms with Crippen molar-refractivity contribution in [2.24, 2.45) is 0 Å². The summed E-state index contributed by atoms with van der Waals surface area (Å²) in [6.45, 7) is 2.47. The van der Waals surface area contributed by atoms with E-state index in [-0.39, 0.29) is 23.1 Å². The number of aromatic nitrogens is 2. The number of carbonyl (C=O) groups is 2. The molecule has 7 heteroatoms. The van der Waals surface area contributed by atoms with Crippen molar-refractivity contribution in [3.05, 3.63) is 58.8 Å². The number of rotatable bonds is 2. The van der Waals surface area contributed by atoms with Crippen LogP contribution < -0.4 is 0 Å². The van der Waals surface area contributed by atoms with E-state index in [1.807, 2.05) is 24.3 Å². The highest BCUT2D eigenvalue weighted by atomic mass is 16.3. The Morgan fingerprint density at radius 2 is 1.64 bits per heavy atom. The Morgan fingerprint density at radius 3 is 2.32 bits per heavy atom. The summed E-state index contributed by atoms with van der Waals surface area (Å²) in [6.07, 6.45) is 1.99. The van der Waals surface area contributed by atoms with E-state index in [0.717, 1.165) is 37.1 Å². The van der Waals surface area contributed by atoms with Gasteiger partial charge in [-0.2, -0.15) is 5.10 Å². The third-order valence-corrected chi connectivity index (χ3v) is 5.63. The molecule has 0 saturated carbocycles. The first kappa shape index (κ1) is 16.8. The van der Waals surface area contributed by atoms with Crippen LogP contribution in [0.1, 0.15) is 44.8 Å². The molecule has 0 bridgehead atoms. The van der Waals surface area contributed by atoms with Gasteiger partial charge in [0.15, 0.2) is 5.69 Å². The van der Waals surface area contributed by atoms with Gasteiger partial charge in [0.1, 0.15) is 5.75 Å². The van der Waals surface area contributed by atoms with Crippen molar-refractivity contribution in [1.29, 1.82) is 0 Å². The summed E-state index contributed by atoms with van der Waals surface area (Å²) in [4.78, 5) is 29.3. The zero-order valence-electron chi connectivity index (χ0n) is 15.3. The Balaban J connectivity index is 1.49. The van der Waals surface area contributed by atoms with Crippen LogP contribution in [0.3, 0.4) is 0 Å². The van der Waals surface area contributed by atoms with Gasteiger partial charge in [-0.25, -0.2) is 0 Å². The minimum absolute atomic E-state index is 0.114. The van der Waals surface area contributed by atoms with Crippen LogP contribution in [0.15, 0.2) is 36.4 Å². The molecule has 7 nitrogen and oxygen atoms in total. The number of hydrogen-bond acceptors (Lipinski definition) is 4. The minimum atomic E-state index is -0.253. The summed E-state index contributed by atoms with van der Waals surface area (Å²) in [5.74, 6) is -0.505. The molecular weight excluding hydrogens is 356 g/mol. The van der Waals surface area contributed by atoms with Gasteiger partial charge in [0.25, 0.3) is 11.8 Å². The topological polar surface area (TPSA) is 89.5 Å². The lowest BCUT2D eigenvalue weighted by atomic mass is 10.1. The van der Waals surface area contributed by atoms with Gasteiger partial charge in [-0.1, -0.05) is 24.3 Å². The zero-order valence-corrected chi connectivity index (χ0v) is 15.3. The number of H-pyrrole nitrogens is 1. The van der Waals surface area contributed by atoms with Crippen LogP contribution in [0.4, 0.5) is 0 Å². The van der Waals surface area contributed by atoms with Crippen molar-refractivity contribution in [3.63, 3.8) is 0 Å². The molecule has 1 aromatic heterocycles. The number of likely N-dealkylation sites (tertiary alicyclic amines) is 1. The van der Waals surface area contributed by atoms with Crippen LogP contribution in [0.25, 0.3) is 10.9 Å². The Morgan fingerprint density at radius 1 is 0.964 bits per heavy atom. The summed E-state index contributed by atoms with van der Waals surface area (Å²) in [6, 6.07) is 11.0. The van der Waals surface area contributed by atoms with Crippen molar-refractivity contribution in [1.82, 2.24) is 20.0 Å². The SMILES string of the molecule is O=C(c1cc2c(C(=O)N3CCCC3)n[nH]c2cc1O)N1Cc2ccccc2C1. The molecule has 0 aliphatic carbocycles. The van der Waals surface area contributed by atoms with Gasteiger partial charge in [0.2, 0.25) is 0 Å². The van der Waals surface area contributed by atoms with Gasteiger partial charge in [0, 0.05) is 37.6 Å². The largest absolute Gasteiger partial charge is 0.507 e. The zero-order chi connectivity index (χ0) is 19.3. The lowest BCUT2D eigenvalue weighted by Gasteiger charge is -2.17. The molecule has 142 valence electrons. The van der Waals surface area contributed by atoms with Crippen LogP contribution in [-0.2, 0) is 13.1 Å². The smallest absolute Gasteiger partial charge is 0.274 e. The number of phenols is 1. The average molecular weight is 376 g/mol. The molecule has 0 spiro atoms. The number of fused-ring (bicyclic) bond motifs is 2. The summed E-state index contributed by atoms with van der Waals surface area (Å²) < 4.78 is 0. The molecule has 2 aromatic carbocycles. The fourth-order valence-corrected chi connectivity index (χ4v) is 4.10. The molecule has 3 heterocycles. The number of amides is 2. The molecule has 2 aliphatic heterocycles. The third-order valence-electron chi connectivity index (χ3n) is 5.63. The van der Waals surface area contributed by atoms with E-state index in [0.29, 0.717) is 29.7 Å². The van der Waals surface area contributed by atoms with Gasteiger partial charge < -0.3 is 14.9 Å². The Labute approximate surface area is 161 Å². The third kappa shape index (κ3) is 2.62. The molecule has 5 rings (SSSR count).